The van der Waals surface area contributed by atoms with Crippen LogP contribution in [0.5, 0.6) is 0 Å². The van der Waals surface area contributed by atoms with Crippen molar-refractivity contribution >= 4 is 17.8 Å². The van der Waals surface area contributed by atoms with Crippen molar-refractivity contribution in [1.29, 1.82) is 0 Å². The number of carbonyl (C=O) groups excluding carboxylic acids is 1. The van der Waals surface area contributed by atoms with Crippen LogP contribution in [0.1, 0.15) is 25.7 Å². The van der Waals surface area contributed by atoms with Crippen molar-refractivity contribution < 1.29 is 24.6 Å². The minimum absolute atomic E-state index is 0.171. The number of fused-ring (bicyclic) bond motifs is 2. The highest BCUT2D eigenvalue weighted by Gasteiger charge is 2.31. The first-order valence-corrected chi connectivity index (χ1v) is 7.13. The van der Waals surface area contributed by atoms with Crippen molar-refractivity contribution in [3.63, 3.8) is 0 Å². The summed E-state index contributed by atoms with van der Waals surface area (Å²) in [5.41, 5.74) is 0.981. The second-order valence-corrected chi connectivity index (χ2v) is 5.44. The first-order valence-electron chi connectivity index (χ1n) is 7.13. The molecule has 0 spiro atoms. The van der Waals surface area contributed by atoms with Crippen molar-refractivity contribution in [2.75, 3.05) is 14.1 Å². The molecule has 0 aliphatic carbocycles. The molecule has 1 unspecified atom stereocenters. The minimum Gasteiger partial charge on any atom is -0.478 e. The molecule has 2 rings (SSSR count). The largest absolute Gasteiger partial charge is 0.478 e. The van der Waals surface area contributed by atoms with Crippen molar-refractivity contribution in [2.24, 2.45) is 0 Å². The molecule has 1 fully saturated rings. The highest BCUT2D eigenvalue weighted by atomic mass is 16.4. The number of nitrogens with one attached hydrogen (secondary N) is 1. The molecule has 0 aromatic heterocycles. The summed E-state index contributed by atoms with van der Waals surface area (Å²) in [6.07, 6.45) is 7.81. The van der Waals surface area contributed by atoms with E-state index in [1.807, 2.05) is 14.1 Å². The Kier molecular flexibility index (Phi) is 6.78. The highest BCUT2D eigenvalue weighted by molar-refractivity contribution is 5.94. The molecule has 2 atom stereocenters. The number of allylic oxidation sites excluding steroid dienone is 1. The van der Waals surface area contributed by atoms with Gasteiger partial charge in [0.1, 0.15) is 0 Å². The molecule has 1 saturated heterocycles. The summed E-state index contributed by atoms with van der Waals surface area (Å²) in [6.45, 7) is 0. The van der Waals surface area contributed by atoms with Crippen LogP contribution < -0.4 is 5.32 Å². The van der Waals surface area contributed by atoms with Gasteiger partial charge in [0, 0.05) is 43.9 Å². The molecule has 2 aliphatic rings. The number of rotatable bonds is 3. The van der Waals surface area contributed by atoms with E-state index in [0.717, 1.165) is 18.4 Å². The Hall–Kier alpha value is -2.15. The van der Waals surface area contributed by atoms with Gasteiger partial charge in [-0.05, 0) is 25.7 Å². The first-order chi connectivity index (χ1) is 10.3. The highest BCUT2D eigenvalue weighted by Crippen LogP contribution is 2.26. The van der Waals surface area contributed by atoms with Crippen LogP contribution >= 0.6 is 0 Å². The Morgan fingerprint density at radius 3 is 2.23 bits per heavy atom. The molecule has 0 aromatic carbocycles. The number of amides is 1. The fourth-order valence-corrected chi connectivity index (χ4v) is 2.51. The van der Waals surface area contributed by atoms with Gasteiger partial charge in [-0.15, -0.1) is 0 Å². The van der Waals surface area contributed by atoms with E-state index in [4.69, 9.17) is 10.2 Å². The number of likely N-dealkylation sites (N-methyl/N-ethyl adjacent to an activating group) is 1. The number of nitrogens with zero attached hydrogens (tertiary/aromatic N) is 1. The zero-order chi connectivity index (χ0) is 16.7. The molecule has 2 bridgehead atoms. The van der Waals surface area contributed by atoms with Gasteiger partial charge in [-0.25, -0.2) is 9.59 Å². The summed E-state index contributed by atoms with van der Waals surface area (Å²) in [5, 5.41) is 19.1. The fourth-order valence-electron chi connectivity index (χ4n) is 2.51. The van der Waals surface area contributed by atoms with Crippen molar-refractivity contribution in [3.05, 3.63) is 23.8 Å². The van der Waals surface area contributed by atoms with Gasteiger partial charge in [0.05, 0.1) is 0 Å². The van der Waals surface area contributed by atoms with Crippen LogP contribution in [0.3, 0.4) is 0 Å². The molecule has 22 heavy (non-hydrogen) atoms. The van der Waals surface area contributed by atoms with E-state index in [2.05, 4.69) is 11.4 Å². The summed E-state index contributed by atoms with van der Waals surface area (Å²) in [6, 6.07) is 0.959. The summed E-state index contributed by atoms with van der Waals surface area (Å²) < 4.78 is 0. The van der Waals surface area contributed by atoms with E-state index in [9.17, 15) is 14.4 Å². The van der Waals surface area contributed by atoms with Crippen molar-refractivity contribution in [1.82, 2.24) is 10.2 Å². The Labute approximate surface area is 129 Å². The second kappa shape index (κ2) is 8.33. The lowest BCUT2D eigenvalue weighted by molar-refractivity contribution is -0.134. The fraction of sp³-hybridized carbons (Fsp3) is 0.533. The molecule has 1 amide bonds. The van der Waals surface area contributed by atoms with Gasteiger partial charge < -0.3 is 20.4 Å². The van der Waals surface area contributed by atoms with Crippen molar-refractivity contribution in [2.45, 2.75) is 37.8 Å². The predicted octanol–water partition coefficient (Wildman–Crippen LogP) is 0.627. The topological polar surface area (TPSA) is 107 Å². The number of hydrogen-bond acceptors (Lipinski definition) is 4. The van der Waals surface area contributed by atoms with E-state index >= 15 is 0 Å². The normalized spacial score (nSPS) is 23.1. The van der Waals surface area contributed by atoms with Gasteiger partial charge in [-0.3, -0.25) is 4.79 Å². The van der Waals surface area contributed by atoms with E-state index < -0.39 is 11.9 Å². The number of hydrogen-bond donors (Lipinski definition) is 3. The Morgan fingerprint density at radius 1 is 1.14 bits per heavy atom. The average molecular weight is 310 g/mol. The molecule has 7 nitrogen and oxygen atoms in total. The Bertz CT molecular complexity index is 480. The van der Waals surface area contributed by atoms with Gasteiger partial charge in [0.2, 0.25) is 0 Å². The molecule has 2 heterocycles. The third kappa shape index (κ3) is 5.69. The maximum absolute atomic E-state index is 11.9. The van der Waals surface area contributed by atoms with Gasteiger partial charge in [-0.1, -0.05) is 6.08 Å². The second-order valence-electron chi connectivity index (χ2n) is 5.44. The molecule has 7 heteroatoms. The van der Waals surface area contributed by atoms with E-state index in [-0.39, 0.29) is 5.91 Å². The molecule has 0 saturated carbocycles. The van der Waals surface area contributed by atoms with Crippen LogP contribution in [-0.4, -0.2) is 59.1 Å². The monoisotopic (exact) mass is 310 g/mol. The maximum Gasteiger partial charge on any atom is 0.328 e. The molecule has 122 valence electrons. The van der Waals surface area contributed by atoms with Crippen LogP contribution in [0.2, 0.25) is 0 Å². The van der Waals surface area contributed by atoms with Crippen LogP contribution in [0.15, 0.2) is 23.8 Å². The molecule has 0 radical (unpaired) electrons. The summed E-state index contributed by atoms with van der Waals surface area (Å²) in [4.78, 5) is 32.6. The van der Waals surface area contributed by atoms with Crippen LogP contribution in [0.4, 0.5) is 0 Å². The molecule has 3 N–H and O–H groups in total. The van der Waals surface area contributed by atoms with E-state index in [0.29, 0.717) is 24.2 Å². The van der Waals surface area contributed by atoms with E-state index in [1.165, 1.54) is 12.8 Å². The average Bonchev–Trinajstić information content (AvgIpc) is 2.78. The molecular formula is C15H22N2O5. The lowest BCUT2D eigenvalue weighted by Crippen LogP contribution is -2.35. The predicted molar refractivity (Wildman–Crippen MR) is 80.4 cm³/mol. The zero-order valence-corrected chi connectivity index (χ0v) is 12.8. The van der Waals surface area contributed by atoms with Gasteiger partial charge in [-0.2, -0.15) is 0 Å². The number of carboxylic acid groups (broad SMARTS) is 2. The third-order valence-corrected chi connectivity index (χ3v) is 3.52. The summed E-state index contributed by atoms with van der Waals surface area (Å²) in [5.74, 6) is -2.34. The van der Waals surface area contributed by atoms with E-state index in [1.54, 1.807) is 4.90 Å². The first kappa shape index (κ1) is 17.9. The summed E-state index contributed by atoms with van der Waals surface area (Å²) in [7, 11) is 3.64. The standard InChI is InChI=1S/C11H18N2O.C4H4O4/c1-13(2)11(14)9-5-3-4-8-6-7-10(9)12-8;5-3(6)1-2-4(7)8/h5,8,10,12H,3-4,6-7H2,1-2H3;1-2H,(H,5,6)(H,7,8)/t8?,10-;/m1./s1. The maximum atomic E-state index is 11.9. The van der Waals surface area contributed by atoms with Crippen molar-refractivity contribution in [3.8, 4) is 0 Å². The summed E-state index contributed by atoms with van der Waals surface area (Å²) >= 11 is 0. The smallest absolute Gasteiger partial charge is 0.328 e. The van der Waals surface area contributed by atoms with Gasteiger partial charge >= 0.3 is 11.9 Å². The molecule has 2 aliphatic heterocycles. The van der Waals surface area contributed by atoms with Gasteiger partial charge in [0.15, 0.2) is 0 Å². The number of carboxylic acids is 2. The number of carbonyl (C=O) groups is 3. The quantitative estimate of drug-likeness (QED) is 0.660. The van der Waals surface area contributed by atoms with Crippen LogP contribution in [0.25, 0.3) is 0 Å². The Morgan fingerprint density at radius 2 is 1.73 bits per heavy atom. The van der Waals surface area contributed by atoms with Crippen LogP contribution in [-0.2, 0) is 14.4 Å². The molecular weight excluding hydrogens is 288 g/mol. The number of aliphatic carboxylic acids is 2. The molecule has 0 aromatic rings. The lowest BCUT2D eigenvalue weighted by atomic mass is 9.99. The zero-order valence-electron chi connectivity index (χ0n) is 12.8. The SMILES string of the molecule is CN(C)C(=O)C1=CCCC2CC[C@H]1N2.O=C(O)C=CC(=O)O. The van der Waals surface area contributed by atoms with Gasteiger partial charge in [0.25, 0.3) is 5.91 Å². The lowest BCUT2D eigenvalue weighted by Gasteiger charge is -2.18. The Balaban J connectivity index is 0.000000261. The minimum atomic E-state index is -1.26. The van der Waals surface area contributed by atoms with Crippen LogP contribution in [0, 0.1) is 0 Å². The third-order valence-electron chi connectivity index (χ3n) is 3.52.